The second-order valence-corrected chi connectivity index (χ2v) is 3.35. The second kappa shape index (κ2) is 3.65. The Kier molecular flexibility index (Phi) is 2.33. The van der Waals surface area contributed by atoms with Crippen molar-refractivity contribution >= 4 is 11.2 Å². The third-order valence-corrected chi connectivity index (χ3v) is 2.15. The summed E-state index contributed by atoms with van der Waals surface area (Å²) in [6.07, 6.45) is 4.70. The predicted molar refractivity (Wildman–Crippen MR) is 58.7 cm³/mol. The van der Waals surface area contributed by atoms with E-state index in [4.69, 9.17) is 0 Å². The second-order valence-electron chi connectivity index (χ2n) is 3.35. The monoisotopic (exact) mass is 201 g/mol. The van der Waals surface area contributed by atoms with E-state index < -0.39 is 0 Å². The van der Waals surface area contributed by atoms with Crippen molar-refractivity contribution in [2.75, 3.05) is 0 Å². The van der Waals surface area contributed by atoms with Gasteiger partial charge in [-0.05, 0) is 18.6 Å². The topological polar surface area (TPSA) is 47.8 Å². The summed E-state index contributed by atoms with van der Waals surface area (Å²) in [7, 11) is 0. The first-order valence-electron chi connectivity index (χ1n) is 4.65. The van der Waals surface area contributed by atoms with Crippen molar-refractivity contribution < 1.29 is 0 Å². The molecule has 2 rings (SSSR count). The molecule has 0 aromatic carbocycles. The third kappa shape index (κ3) is 1.66. The highest BCUT2D eigenvalue weighted by molar-refractivity contribution is 5.70. The lowest BCUT2D eigenvalue weighted by Crippen LogP contribution is -2.20. The SMILES string of the molecule is C=CCn1c(=O)cnc2ncc(C)cc21. The molecule has 0 aliphatic carbocycles. The molecule has 0 fully saturated rings. The molecular weight excluding hydrogens is 190 g/mol. The first-order valence-corrected chi connectivity index (χ1v) is 4.65. The molecule has 0 radical (unpaired) electrons. The Morgan fingerprint density at radius 3 is 2.93 bits per heavy atom. The minimum absolute atomic E-state index is 0.130. The van der Waals surface area contributed by atoms with Gasteiger partial charge in [0.2, 0.25) is 0 Å². The molecule has 4 nitrogen and oxygen atoms in total. The zero-order valence-electron chi connectivity index (χ0n) is 8.47. The summed E-state index contributed by atoms with van der Waals surface area (Å²) in [5, 5.41) is 0. The zero-order valence-corrected chi connectivity index (χ0v) is 8.47. The Labute approximate surface area is 86.9 Å². The summed E-state index contributed by atoms with van der Waals surface area (Å²) < 4.78 is 1.61. The quantitative estimate of drug-likeness (QED) is 0.688. The Hall–Kier alpha value is -1.97. The summed E-state index contributed by atoms with van der Waals surface area (Å²) >= 11 is 0. The van der Waals surface area contributed by atoms with E-state index in [9.17, 15) is 4.79 Å². The minimum atomic E-state index is -0.130. The highest BCUT2D eigenvalue weighted by atomic mass is 16.1. The van der Waals surface area contributed by atoms with Crippen LogP contribution in [0.1, 0.15) is 5.56 Å². The Bertz CT molecular complexity index is 572. The highest BCUT2D eigenvalue weighted by Crippen LogP contribution is 2.08. The van der Waals surface area contributed by atoms with E-state index in [2.05, 4.69) is 16.5 Å². The summed E-state index contributed by atoms with van der Waals surface area (Å²) in [5.41, 5.74) is 2.21. The van der Waals surface area contributed by atoms with Crippen LogP contribution < -0.4 is 5.56 Å². The maximum atomic E-state index is 11.6. The fourth-order valence-corrected chi connectivity index (χ4v) is 1.47. The van der Waals surface area contributed by atoms with E-state index in [0.717, 1.165) is 11.1 Å². The molecule has 0 saturated heterocycles. The van der Waals surface area contributed by atoms with Gasteiger partial charge in [0.1, 0.15) is 0 Å². The van der Waals surface area contributed by atoms with Gasteiger partial charge in [-0.3, -0.25) is 4.79 Å². The predicted octanol–water partition coefficient (Wildman–Crippen LogP) is 1.29. The Balaban J connectivity index is 2.84. The van der Waals surface area contributed by atoms with E-state index in [1.54, 1.807) is 16.8 Å². The number of fused-ring (bicyclic) bond motifs is 1. The van der Waals surface area contributed by atoms with Gasteiger partial charge in [-0.2, -0.15) is 0 Å². The highest BCUT2D eigenvalue weighted by Gasteiger charge is 2.03. The molecule has 76 valence electrons. The Morgan fingerprint density at radius 2 is 2.20 bits per heavy atom. The van der Waals surface area contributed by atoms with E-state index >= 15 is 0 Å². The lowest BCUT2D eigenvalue weighted by Gasteiger charge is -2.06. The molecule has 2 aromatic rings. The molecule has 0 bridgehead atoms. The number of pyridine rings is 1. The van der Waals surface area contributed by atoms with Crippen molar-refractivity contribution in [2.45, 2.75) is 13.5 Å². The van der Waals surface area contributed by atoms with E-state index in [-0.39, 0.29) is 5.56 Å². The molecule has 4 heteroatoms. The molecule has 0 unspecified atom stereocenters. The van der Waals surface area contributed by atoms with E-state index in [1.165, 1.54) is 6.20 Å². The van der Waals surface area contributed by atoms with Gasteiger partial charge in [-0.25, -0.2) is 9.97 Å². The van der Waals surface area contributed by atoms with Gasteiger partial charge in [-0.15, -0.1) is 6.58 Å². The van der Waals surface area contributed by atoms with Crippen LogP contribution in [0.4, 0.5) is 0 Å². The molecule has 0 atom stereocenters. The molecule has 0 amide bonds. The molecule has 0 aliphatic rings. The van der Waals surface area contributed by atoms with Crippen LogP contribution in [0.25, 0.3) is 11.2 Å². The number of nitrogens with zero attached hydrogens (tertiary/aromatic N) is 3. The average molecular weight is 201 g/mol. The third-order valence-electron chi connectivity index (χ3n) is 2.15. The van der Waals surface area contributed by atoms with Crippen molar-refractivity contribution in [3.8, 4) is 0 Å². The smallest absolute Gasteiger partial charge is 0.269 e. The fourth-order valence-electron chi connectivity index (χ4n) is 1.47. The van der Waals surface area contributed by atoms with Crippen molar-refractivity contribution in [3.05, 3.63) is 47.0 Å². The average Bonchev–Trinajstić information content (AvgIpc) is 2.23. The summed E-state index contributed by atoms with van der Waals surface area (Å²) in [5.74, 6) is 0. The lowest BCUT2D eigenvalue weighted by atomic mass is 10.3. The summed E-state index contributed by atoms with van der Waals surface area (Å²) in [6, 6.07) is 1.90. The molecule has 2 heterocycles. The number of allylic oxidation sites excluding steroid dienone is 1. The van der Waals surface area contributed by atoms with Crippen molar-refractivity contribution in [2.24, 2.45) is 0 Å². The van der Waals surface area contributed by atoms with E-state index in [0.29, 0.717) is 12.2 Å². The van der Waals surface area contributed by atoms with Gasteiger partial charge in [-0.1, -0.05) is 6.08 Å². The zero-order chi connectivity index (χ0) is 10.8. The van der Waals surface area contributed by atoms with Crippen LogP contribution >= 0.6 is 0 Å². The molecule has 0 N–H and O–H groups in total. The lowest BCUT2D eigenvalue weighted by molar-refractivity contribution is 0.805. The molecule has 15 heavy (non-hydrogen) atoms. The van der Waals surface area contributed by atoms with Gasteiger partial charge in [0.05, 0.1) is 11.7 Å². The minimum Gasteiger partial charge on any atom is -0.300 e. The van der Waals surface area contributed by atoms with Gasteiger partial charge in [0, 0.05) is 12.7 Å². The standard InChI is InChI=1S/C11H11N3O/c1-3-4-14-9-5-8(2)6-12-11(9)13-7-10(14)15/h3,5-7H,1,4H2,2H3. The van der Waals surface area contributed by atoms with Crippen LogP contribution in [0.2, 0.25) is 0 Å². The normalized spacial score (nSPS) is 10.5. The molecule has 0 aliphatic heterocycles. The number of hydrogen-bond donors (Lipinski definition) is 0. The van der Waals surface area contributed by atoms with Crippen LogP contribution in [0.15, 0.2) is 35.9 Å². The molecule has 0 saturated carbocycles. The van der Waals surface area contributed by atoms with Crippen molar-refractivity contribution in [1.29, 1.82) is 0 Å². The van der Waals surface area contributed by atoms with Gasteiger partial charge in [0.25, 0.3) is 5.56 Å². The molecule has 2 aromatic heterocycles. The largest absolute Gasteiger partial charge is 0.300 e. The van der Waals surface area contributed by atoms with Crippen molar-refractivity contribution in [1.82, 2.24) is 14.5 Å². The van der Waals surface area contributed by atoms with Crippen LogP contribution in [0.5, 0.6) is 0 Å². The maximum Gasteiger partial charge on any atom is 0.269 e. The number of rotatable bonds is 2. The summed E-state index contributed by atoms with van der Waals surface area (Å²) in [4.78, 5) is 19.7. The van der Waals surface area contributed by atoms with Gasteiger partial charge < -0.3 is 4.57 Å². The first-order chi connectivity index (χ1) is 7.22. The fraction of sp³-hybridized carbons (Fsp3) is 0.182. The molecule has 0 spiro atoms. The van der Waals surface area contributed by atoms with Crippen LogP contribution in [0, 0.1) is 6.92 Å². The van der Waals surface area contributed by atoms with Crippen LogP contribution in [-0.4, -0.2) is 14.5 Å². The maximum absolute atomic E-state index is 11.6. The van der Waals surface area contributed by atoms with Crippen LogP contribution in [-0.2, 0) is 6.54 Å². The van der Waals surface area contributed by atoms with Gasteiger partial charge >= 0.3 is 0 Å². The number of hydrogen-bond acceptors (Lipinski definition) is 3. The summed E-state index contributed by atoms with van der Waals surface area (Å²) in [6.45, 7) is 6.03. The molecular formula is C11H11N3O. The number of aromatic nitrogens is 3. The number of aryl methyl sites for hydroxylation is 1. The van der Waals surface area contributed by atoms with E-state index in [1.807, 2.05) is 13.0 Å². The van der Waals surface area contributed by atoms with Gasteiger partial charge in [0.15, 0.2) is 5.65 Å². The first kappa shape index (κ1) is 9.58. The van der Waals surface area contributed by atoms with Crippen LogP contribution in [0.3, 0.4) is 0 Å². The Morgan fingerprint density at radius 1 is 1.47 bits per heavy atom. The van der Waals surface area contributed by atoms with Crippen molar-refractivity contribution in [3.63, 3.8) is 0 Å².